The third-order valence-corrected chi connectivity index (χ3v) is 18.6. The van der Waals surface area contributed by atoms with Crippen molar-refractivity contribution in [1.82, 2.24) is 4.57 Å². The molecule has 0 bridgehead atoms. The molecule has 2 nitrogen and oxygen atoms in total. The maximum Gasteiger partial charge on any atom is 0.0755 e. The molecule has 1 atom stereocenters. The van der Waals surface area contributed by atoms with Crippen molar-refractivity contribution < 1.29 is 0 Å². The van der Waals surface area contributed by atoms with E-state index < -0.39 is 10.8 Å². The van der Waals surface area contributed by atoms with Crippen molar-refractivity contribution >= 4 is 82.0 Å². The zero-order chi connectivity index (χ0) is 52.3. The second-order valence-electron chi connectivity index (χ2n) is 22.2. The minimum absolute atomic E-state index is 0.621. The number of aromatic nitrogens is 1. The Morgan fingerprint density at radius 1 is 0.263 bits per heavy atom. The number of fused-ring (bicyclic) bond motifs is 23. The highest BCUT2D eigenvalue weighted by atomic mass is 15.1. The first-order valence-corrected chi connectivity index (χ1v) is 28.0. The van der Waals surface area contributed by atoms with E-state index in [2.05, 4.69) is 301 Å². The van der Waals surface area contributed by atoms with Gasteiger partial charge in [0.2, 0.25) is 0 Å². The quantitative estimate of drug-likeness (QED) is 0.156. The van der Waals surface area contributed by atoms with Crippen LogP contribution >= 0.6 is 0 Å². The van der Waals surface area contributed by atoms with Gasteiger partial charge in [0.25, 0.3) is 0 Å². The van der Waals surface area contributed by atoms with Crippen LogP contribution in [0.4, 0.5) is 17.1 Å². The van der Waals surface area contributed by atoms with Crippen molar-refractivity contribution in [2.75, 3.05) is 4.90 Å². The third kappa shape index (κ3) is 5.52. The molecule has 1 unspecified atom stereocenters. The second-order valence-corrected chi connectivity index (χ2v) is 22.2. The molecule has 3 aliphatic rings. The zero-order valence-electron chi connectivity index (χ0n) is 43.6. The van der Waals surface area contributed by atoms with E-state index in [-0.39, 0.29) is 0 Å². The molecule has 15 aromatic rings. The highest BCUT2D eigenvalue weighted by molar-refractivity contribution is 6.26. The average molecular weight is 1010 g/mol. The predicted molar refractivity (Wildman–Crippen MR) is 334 cm³/mol. The van der Waals surface area contributed by atoms with Crippen LogP contribution in [0.1, 0.15) is 44.5 Å². The number of benzene rings is 14. The molecule has 14 aromatic carbocycles. The van der Waals surface area contributed by atoms with Gasteiger partial charge in [0.15, 0.2) is 0 Å². The van der Waals surface area contributed by atoms with Gasteiger partial charge >= 0.3 is 0 Å². The first-order valence-electron chi connectivity index (χ1n) is 28.0. The molecule has 0 amide bonds. The fraction of sp³-hybridized carbons (Fsp3) is 0.0256. The van der Waals surface area contributed by atoms with Crippen molar-refractivity contribution in [1.29, 1.82) is 0 Å². The Hall–Kier alpha value is -10.3. The molecule has 2 aliphatic carbocycles. The third-order valence-electron chi connectivity index (χ3n) is 18.6. The summed E-state index contributed by atoms with van der Waals surface area (Å²) in [6.45, 7) is 0. The lowest BCUT2D eigenvalue weighted by atomic mass is 9.65. The maximum absolute atomic E-state index is 2.56. The van der Waals surface area contributed by atoms with Gasteiger partial charge in [-0.2, -0.15) is 0 Å². The Morgan fingerprint density at radius 3 is 1.49 bits per heavy atom. The average Bonchev–Trinajstić information content (AvgIpc) is 4.16. The molecule has 1 aromatic heterocycles. The van der Waals surface area contributed by atoms with Crippen molar-refractivity contribution in [3.05, 3.63) is 336 Å². The van der Waals surface area contributed by atoms with E-state index >= 15 is 0 Å². The summed E-state index contributed by atoms with van der Waals surface area (Å²) in [6.07, 6.45) is 0. The fourth-order valence-electron chi connectivity index (χ4n) is 15.6. The number of rotatable bonds is 5. The molecule has 80 heavy (non-hydrogen) atoms. The number of para-hydroxylation sites is 3. The SMILES string of the molecule is c1ccc(C2(c3ccccc3)c3cc(N(c4ccc5c(c4)C4(c6ccccc6-5)c5ccccc5-n5c6ccccc6c6cccc4c65)c4ccc5c6ccccc6c6ccccc6c5c4)ccc3-c3c2ccc2ccccc32)cc1. The van der Waals surface area contributed by atoms with E-state index in [0.717, 1.165) is 17.1 Å². The minimum Gasteiger partial charge on any atom is -0.310 e. The number of hydrogen-bond acceptors (Lipinski definition) is 1. The predicted octanol–water partition coefficient (Wildman–Crippen LogP) is 19.9. The van der Waals surface area contributed by atoms with Gasteiger partial charge in [-0.3, -0.25) is 0 Å². The Morgan fingerprint density at radius 2 is 0.762 bits per heavy atom. The second kappa shape index (κ2) is 16.1. The van der Waals surface area contributed by atoms with E-state index in [1.165, 1.54) is 137 Å². The van der Waals surface area contributed by atoms with Gasteiger partial charge in [-0.15, -0.1) is 0 Å². The zero-order valence-corrected chi connectivity index (χ0v) is 43.6. The fourth-order valence-corrected chi connectivity index (χ4v) is 15.6. The van der Waals surface area contributed by atoms with Crippen LogP contribution in [-0.2, 0) is 10.8 Å². The normalized spacial score (nSPS) is 15.2. The lowest BCUT2D eigenvalue weighted by Crippen LogP contribution is -2.33. The largest absolute Gasteiger partial charge is 0.310 e. The molecule has 0 fully saturated rings. The smallest absolute Gasteiger partial charge is 0.0755 e. The van der Waals surface area contributed by atoms with Gasteiger partial charge in [0.05, 0.1) is 27.6 Å². The van der Waals surface area contributed by atoms with E-state index in [4.69, 9.17) is 0 Å². The molecule has 2 heteroatoms. The maximum atomic E-state index is 2.56. The molecule has 1 aliphatic heterocycles. The van der Waals surface area contributed by atoms with Crippen molar-refractivity contribution in [2.45, 2.75) is 10.8 Å². The molecule has 0 radical (unpaired) electrons. The van der Waals surface area contributed by atoms with Gasteiger partial charge in [-0.25, -0.2) is 0 Å². The molecule has 2 heterocycles. The summed E-state index contributed by atoms with van der Waals surface area (Å²) in [7, 11) is 0. The summed E-state index contributed by atoms with van der Waals surface area (Å²) in [4.78, 5) is 2.56. The highest BCUT2D eigenvalue weighted by Gasteiger charge is 2.52. The molecule has 0 saturated carbocycles. The number of anilines is 3. The van der Waals surface area contributed by atoms with Crippen LogP contribution in [0.15, 0.2) is 291 Å². The summed E-state index contributed by atoms with van der Waals surface area (Å²) >= 11 is 0. The topological polar surface area (TPSA) is 8.17 Å². The summed E-state index contributed by atoms with van der Waals surface area (Å²) in [5, 5.41) is 12.6. The first-order chi connectivity index (χ1) is 39.7. The van der Waals surface area contributed by atoms with Gasteiger partial charge in [-0.1, -0.05) is 243 Å². The van der Waals surface area contributed by atoms with Crippen LogP contribution in [0.2, 0.25) is 0 Å². The van der Waals surface area contributed by atoms with Gasteiger partial charge in [0.1, 0.15) is 0 Å². The van der Waals surface area contributed by atoms with E-state index in [1.807, 2.05) is 0 Å². The lowest BCUT2D eigenvalue weighted by molar-refractivity contribution is 0.748. The summed E-state index contributed by atoms with van der Waals surface area (Å²) in [5.74, 6) is 0. The highest BCUT2D eigenvalue weighted by Crippen LogP contribution is 2.63. The molecule has 370 valence electrons. The van der Waals surface area contributed by atoms with Crippen LogP contribution < -0.4 is 4.90 Å². The van der Waals surface area contributed by atoms with Crippen molar-refractivity contribution in [2.24, 2.45) is 0 Å². The van der Waals surface area contributed by atoms with Crippen LogP contribution in [0.5, 0.6) is 0 Å². The van der Waals surface area contributed by atoms with E-state index in [9.17, 15) is 0 Å². The molecular weight excluding hydrogens is 965 g/mol. The number of nitrogens with zero attached hydrogens (tertiary/aromatic N) is 2. The van der Waals surface area contributed by atoms with Crippen LogP contribution in [0.25, 0.3) is 92.8 Å². The lowest BCUT2D eigenvalue weighted by Gasteiger charge is -2.40. The van der Waals surface area contributed by atoms with E-state index in [1.54, 1.807) is 0 Å². The Bertz CT molecular complexity index is 5070. The van der Waals surface area contributed by atoms with Crippen LogP contribution in [0.3, 0.4) is 0 Å². The van der Waals surface area contributed by atoms with Gasteiger partial charge in [0, 0.05) is 27.8 Å². The molecule has 1 spiro atoms. The first kappa shape index (κ1) is 43.8. The monoisotopic (exact) mass is 1010 g/mol. The molecule has 0 saturated heterocycles. The molecule has 0 N–H and O–H groups in total. The summed E-state index contributed by atoms with van der Waals surface area (Å²) in [5.41, 5.74) is 21.1. The van der Waals surface area contributed by atoms with E-state index in [0.29, 0.717) is 0 Å². The Labute approximate surface area is 463 Å². The minimum atomic E-state index is -0.622. The molecule has 18 rings (SSSR count). The van der Waals surface area contributed by atoms with Crippen LogP contribution in [-0.4, -0.2) is 4.57 Å². The Kier molecular flexibility index (Phi) is 8.83. The Balaban J connectivity index is 0.959. The number of hydrogen-bond donors (Lipinski definition) is 0. The summed E-state index contributed by atoms with van der Waals surface area (Å²) < 4.78 is 2.54. The van der Waals surface area contributed by atoms with Crippen molar-refractivity contribution in [3.8, 4) is 27.9 Å². The summed E-state index contributed by atoms with van der Waals surface area (Å²) in [6, 6.07) is 110. The molecular formula is C78H48N2. The van der Waals surface area contributed by atoms with Crippen LogP contribution in [0, 0.1) is 0 Å². The van der Waals surface area contributed by atoms with Gasteiger partial charge < -0.3 is 9.47 Å². The van der Waals surface area contributed by atoms with Crippen molar-refractivity contribution in [3.63, 3.8) is 0 Å². The standard InChI is InChI=1S/C78H48N2/c1-3-21-50(22-4-1)77(51-23-5-2-6-24-51)69-45-38-49-20-7-8-25-55(49)75(69)65-44-41-54(48-72(65)77)79(52-39-42-60-58-28-10-9-26-56(58)57-27-11-12-29-59(57)66(60)46-52)53-40-43-62-61-30-13-15-33-67(61)78(71(62)47-53)68-34-16-18-37-74(68)80-73-36-17-14-31-63(73)64-32-19-35-70(78)76(64)80/h1-48H. The van der Waals surface area contributed by atoms with Gasteiger partial charge in [-0.05, 0) is 158 Å².